The fourth-order valence-electron chi connectivity index (χ4n) is 3.32. The van der Waals surface area contributed by atoms with Crippen LogP contribution in [0, 0.1) is 0 Å². The van der Waals surface area contributed by atoms with Crippen LogP contribution in [0.4, 0.5) is 0 Å². The Hall–Kier alpha value is -1.76. The molecule has 0 aliphatic carbocycles. The number of hydrogen-bond donors (Lipinski definition) is 0. The number of hydrogen-bond acceptors (Lipinski definition) is 4. The Balaban J connectivity index is 1.61. The third kappa shape index (κ3) is 7.39. The van der Waals surface area contributed by atoms with Gasteiger partial charge in [-0.1, -0.05) is 71.2 Å². The van der Waals surface area contributed by atoms with Crippen molar-refractivity contribution in [2.75, 3.05) is 19.5 Å². The van der Waals surface area contributed by atoms with Gasteiger partial charge in [-0.3, -0.25) is 4.18 Å². The van der Waals surface area contributed by atoms with Crippen LogP contribution in [-0.2, 0) is 14.3 Å². The quantitative estimate of drug-likeness (QED) is 0.212. The fourth-order valence-corrected chi connectivity index (χ4v) is 4.58. The molecule has 8 heteroatoms. The van der Waals surface area contributed by atoms with E-state index in [4.69, 9.17) is 43.7 Å². The van der Waals surface area contributed by atoms with Crippen LogP contribution in [0.15, 0.2) is 66.7 Å². The molecule has 32 heavy (non-hydrogen) atoms. The smallest absolute Gasteiger partial charge is 0.264 e. The van der Waals surface area contributed by atoms with E-state index >= 15 is 0 Å². The molecular weight excluding hydrogens is 491 g/mol. The van der Waals surface area contributed by atoms with Gasteiger partial charge in [0.25, 0.3) is 10.1 Å². The highest BCUT2D eigenvalue weighted by Crippen LogP contribution is 2.33. The third-order valence-corrected chi connectivity index (χ3v) is 6.32. The average molecular weight is 514 g/mol. The Kier molecular flexibility index (Phi) is 8.86. The third-order valence-electron chi connectivity index (χ3n) is 4.88. The summed E-state index contributed by atoms with van der Waals surface area (Å²) in [7, 11) is -3.57. The standard InChI is InChI=1S/C24H23Cl3O4S/c1-32(28,29)31-16-18(22-11-9-19(25)14-23(22)26)8-5-13-30-20-10-12-21(24(27)15-20)17-6-3-2-4-7-17/h2-4,6-7,9-12,14-15,18H,5,8,13,16H2,1H3. The Labute approximate surface area is 204 Å². The maximum Gasteiger partial charge on any atom is 0.264 e. The summed E-state index contributed by atoms with van der Waals surface area (Å²) < 4.78 is 33.8. The van der Waals surface area contributed by atoms with Gasteiger partial charge in [0.15, 0.2) is 0 Å². The van der Waals surface area contributed by atoms with E-state index in [1.807, 2.05) is 42.5 Å². The zero-order chi connectivity index (χ0) is 23.1. The second-order valence-electron chi connectivity index (χ2n) is 7.35. The van der Waals surface area contributed by atoms with Gasteiger partial charge in [0, 0.05) is 21.5 Å². The van der Waals surface area contributed by atoms with Crippen molar-refractivity contribution in [1.82, 2.24) is 0 Å². The first-order valence-electron chi connectivity index (χ1n) is 10.00. The molecule has 0 spiro atoms. The Morgan fingerprint density at radius 2 is 1.66 bits per heavy atom. The minimum atomic E-state index is -3.57. The van der Waals surface area contributed by atoms with Crippen molar-refractivity contribution >= 4 is 44.9 Å². The van der Waals surface area contributed by atoms with Crippen LogP contribution in [0.1, 0.15) is 24.3 Å². The normalized spacial score (nSPS) is 12.5. The van der Waals surface area contributed by atoms with Crippen molar-refractivity contribution in [3.05, 3.63) is 87.4 Å². The predicted molar refractivity (Wildman–Crippen MR) is 132 cm³/mol. The molecular formula is C24H23Cl3O4S. The Morgan fingerprint density at radius 1 is 0.906 bits per heavy atom. The van der Waals surface area contributed by atoms with Gasteiger partial charge in [-0.2, -0.15) is 8.42 Å². The van der Waals surface area contributed by atoms with Crippen LogP contribution in [0.2, 0.25) is 15.1 Å². The van der Waals surface area contributed by atoms with Crippen LogP contribution >= 0.6 is 34.8 Å². The molecule has 0 fully saturated rings. The van der Waals surface area contributed by atoms with E-state index in [0.717, 1.165) is 22.9 Å². The maximum atomic E-state index is 11.5. The molecule has 0 amide bonds. The largest absolute Gasteiger partial charge is 0.494 e. The molecule has 0 aliphatic heterocycles. The van der Waals surface area contributed by atoms with Crippen LogP contribution in [-0.4, -0.2) is 27.9 Å². The number of rotatable bonds is 10. The van der Waals surface area contributed by atoms with Gasteiger partial charge in [0.05, 0.1) is 24.5 Å². The van der Waals surface area contributed by atoms with Crippen molar-refractivity contribution in [2.45, 2.75) is 18.8 Å². The number of ether oxygens (including phenoxy) is 1. The molecule has 3 aromatic rings. The molecule has 4 nitrogen and oxygen atoms in total. The molecule has 1 unspecified atom stereocenters. The van der Waals surface area contributed by atoms with E-state index in [0.29, 0.717) is 40.3 Å². The zero-order valence-electron chi connectivity index (χ0n) is 17.4. The molecule has 0 heterocycles. The summed E-state index contributed by atoms with van der Waals surface area (Å²) in [5, 5.41) is 1.60. The molecule has 3 rings (SSSR count). The van der Waals surface area contributed by atoms with E-state index in [1.54, 1.807) is 24.3 Å². The highest BCUT2D eigenvalue weighted by atomic mass is 35.5. The molecule has 0 saturated carbocycles. The predicted octanol–water partition coefficient (Wildman–Crippen LogP) is 7.23. The Bertz CT molecular complexity index is 1150. The topological polar surface area (TPSA) is 52.6 Å². The van der Waals surface area contributed by atoms with E-state index in [9.17, 15) is 8.42 Å². The highest BCUT2D eigenvalue weighted by molar-refractivity contribution is 7.85. The lowest BCUT2D eigenvalue weighted by molar-refractivity contribution is 0.264. The molecule has 0 aromatic heterocycles. The van der Waals surface area contributed by atoms with Crippen LogP contribution < -0.4 is 4.74 Å². The van der Waals surface area contributed by atoms with Gasteiger partial charge >= 0.3 is 0 Å². The Morgan fingerprint density at radius 3 is 2.31 bits per heavy atom. The SMILES string of the molecule is CS(=O)(=O)OCC(CCCOc1ccc(-c2ccccc2)c(Cl)c1)c1ccc(Cl)cc1Cl. The van der Waals surface area contributed by atoms with Crippen molar-refractivity contribution in [3.8, 4) is 16.9 Å². The summed E-state index contributed by atoms with van der Waals surface area (Å²) >= 11 is 18.8. The molecule has 0 bridgehead atoms. The summed E-state index contributed by atoms with van der Waals surface area (Å²) in [6.45, 7) is 0.430. The van der Waals surface area contributed by atoms with Gasteiger partial charge in [0.2, 0.25) is 0 Å². The van der Waals surface area contributed by atoms with Crippen LogP contribution in [0.5, 0.6) is 5.75 Å². The van der Waals surface area contributed by atoms with Crippen LogP contribution in [0.25, 0.3) is 11.1 Å². The maximum absolute atomic E-state index is 11.5. The van der Waals surface area contributed by atoms with Crippen molar-refractivity contribution < 1.29 is 17.3 Å². The van der Waals surface area contributed by atoms with Gasteiger partial charge in [-0.05, 0) is 54.3 Å². The average Bonchev–Trinajstić information content (AvgIpc) is 2.74. The molecule has 0 saturated heterocycles. The van der Waals surface area contributed by atoms with E-state index in [2.05, 4.69) is 0 Å². The first-order chi connectivity index (χ1) is 15.2. The van der Waals surface area contributed by atoms with Gasteiger partial charge in [-0.15, -0.1) is 0 Å². The van der Waals surface area contributed by atoms with Crippen LogP contribution in [0.3, 0.4) is 0 Å². The second-order valence-corrected chi connectivity index (χ2v) is 10.2. The minimum absolute atomic E-state index is 0.00220. The van der Waals surface area contributed by atoms with Gasteiger partial charge in [0.1, 0.15) is 5.75 Å². The monoisotopic (exact) mass is 512 g/mol. The lowest BCUT2D eigenvalue weighted by Crippen LogP contribution is -2.14. The zero-order valence-corrected chi connectivity index (χ0v) is 20.5. The molecule has 0 N–H and O–H groups in total. The fraction of sp³-hybridized carbons (Fsp3) is 0.250. The first kappa shape index (κ1) is 24.9. The molecule has 1 atom stereocenters. The lowest BCUT2D eigenvalue weighted by Gasteiger charge is -2.18. The summed E-state index contributed by atoms with van der Waals surface area (Å²) in [6.07, 6.45) is 2.31. The number of benzene rings is 3. The molecule has 3 aromatic carbocycles. The summed E-state index contributed by atoms with van der Waals surface area (Å²) in [4.78, 5) is 0. The molecule has 170 valence electrons. The van der Waals surface area contributed by atoms with E-state index in [-0.39, 0.29) is 12.5 Å². The summed E-state index contributed by atoms with van der Waals surface area (Å²) in [5.74, 6) is 0.449. The van der Waals surface area contributed by atoms with Crippen molar-refractivity contribution in [3.63, 3.8) is 0 Å². The van der Waals surface area contributed by atoms with E-state index in [1.165, 1.54) is 0 Å². The summed E-state index contributed by atoms with van der Waals surface area (Å²) in [5.41, 5.74) is 2.77. The highest BCUT2D eigenvalue weighted by Gasteiger charge is 2.18. The second kappa shape index (κ2) is 11.4. The van der Waals surface area contributed by atoms with E-state index < -0.39 is 10.1 Å². The van der Waals surface area contributed by atoms with Crippen molar-refractivity contribution in [2.24, 2.45) is 0 Å². The summed E-state index contributed by atoms with van der Waals surface area (Å²) in [6, 6.07) is 20.7. The van der Waals surface area contributed by atoms with Crippen molar-refractivity contribution in [1.29, 1.82) is 0 Å². The van der Waals surface area contributed by atoms with Gasteiger partial charge < -0.3 is 4.74 Å². The van der Waals surface area contributed by atoms with Gasteiger partial charge in [-0.25, -0.2) is 0 Å². The molecule has 0 aliphatic rings. The molecule has 0 radical (unpaired) electrons. The lowest BCUT2D eigenvalue weighted by atomic mass is 9.95. The number of halogens is 3. The minimum Gasteiger partial charge on any atom is -0.494 e. The first-order valence-corrected chi connectivity index (χ1v) is 12.9.